The minimum absolute atomic E-state index is 0.270. The van der Waals surface area contributed by atoms with Gasteiger partial charge in [0.25, 0.3) is 0 Å². The summed E-state index contributed by atoms with van der Waals surface area (Å²) in [6, 6.07) is 14.4. The van der Waals surface area contributed by atoms with E-state index < -0.39 is 0 Å². The number of halogens is 1. The number of anilines is 1. The average molecular weight is 418 g/mol. The third-order valence-corrected chi connectivity index (χ3v) is 5.96. The zero-order valence-electron chi connectivity index (χ0n) is 16.5. The largest absolute Gasteiger partial charge is 0.497 e. The van der Waals surface area contributed by atoms with Gasteiger partial charge in [0.1, 0.15) is 5.75 Å². The summed E-state index contributed by atoms with van der Waals surface area (Å²) < 4.78 is 5.31. The molecule has 0 aromatic heterocycles. The maximum absolute atomic E-state index is 6.21. The predicted octanol–water partition coefficient (Wildman–Crippen LogP) is 5.17. The molecule has 0 amide bonds. The van der Waals surface area contributed by atoms with E-state index in [1.807, 2.05) is 37.3 Å². The molecule has 0 spiro atoms. The second kappa shape index (κ2) is 10.1. The lowest BCUT2D eigenvalue weighted by atomic mass is 10.0. The van der Waals surface area contributed by atoms with E-state index in [9.17, 15) is 0 Å². The molecule has 1 heterocycles. The van der Waals surface area contributed by atoms with E-state index in [2.05, 4.69) is 27.7 Å². The molecule has 1 aliphatic heterocycles. The van der Waals surface area contributed by atoms with E-state index in [4.69, 9.17) is 28.6 Å². The van der Waals surface area contributed by atoms with Gasteiger partial charge >= 0.3 is 0 Å². The Labute approximate surface area is 178 Å². The summed E-state index contributed by atoms with van der Waals surface area (Å²) >= 11 is 11.8. The van der Waals surface area contributed by atoms with Crippen molar-refractivity contribution in [2.75, 3.05) is 32.1 Å². The molecule has 0 saturated carbocycles. The van der Waals surface area contributed by atoms with Crippen LogP contribution in [0, 0.1) is 6.92 Å². The first kappa shape index (κ1) is 20.9. The van der Waals surface area contributed by atoms with Crippen molar-refractivity contribution in [1.82, 2.24) is 10.2 Å². The molecule has 0 unspecified atom stereocenters. The van der Waals surface area contributed by atoms with E-state index >= 15 is 0 Å². The van der Waals surface area contributed by atoms with Gasteiger partial charge in [0.05, 0.1) is 13.2 Å². The molecule has 28 heavy (non-hydrogen) atoms. The lowest BCUT2D eigenvalue weighted by molar-refractivity contribution is 0.164. The van der Waals surface area contributed by atoms with E-state index in [1.54, 1.807) is 7.11 Å². The first-order valence-electron chi connectivity index (χ1n) is 9.76. The Morgan fingerprint density at radius 1 is 1.14 bits per heavy atom. The van der Waals surface area contributed by atoms with Crippen LogP contribution in [-0.2, 0) is 0 Å². The van der Waals surface area contributed by atoms with Crippen molar-refractivity contribution >= 4 is 34.6 Å². The Morgan fingerprint density at radius 2 is 1.86 bits per heavy atom. The molecule has 2 N–H and O–H groups in total. The van der Waals surface area contributed by atoms with Gasteiger partial charge in [-0.05, 0) is 80.5 Å². The summed E-state index contributed by atoms with van der Waals surface area (Å²) in [5.74, 6) is 0.878. The normalized spacial score (nSPS) is 15.7. The number of benzene rings is 2. The summed E-state index contributed by atoms with van der Waals surface area (Å²) in [5, 5.41) is 8.03. The van der Waals surface area contributed by atoms with Crippen molar-refractivity contribution in [2.24, 2.45) is 0 Å². The number of nitrogens with zero attached hydrogens (tertiary/aromatic N) is 1. The van der Waals surface area contributed by atoms with Gasteiger partial charge in [0, 0.05) is 17.3 Å². The molecule has 0 aliphatic carbocycles. The van der Waals surface area contributed by atoms with Crippen LogP contribution in [0.5, 0.6) is 5.75 Å². The number of hydrogen-bond acceptors (Lipinski definition) is 3. The predicted molar refractivity (Wildman–Crippen MR) is 122 cm³/mol. The van der Waals surface area contributed by atoms with Crippen molar-refractivity contribution in [1.29, 1.82) is 0 Å². The molecular weight excluding hydrogens is 390 g/mol. The van der Waals surface area contributed by atoms with E-state index in [0.29, 0.717) is 5.11 Å². The third-order valence-electron chi connectivity index (χ3n) is 5.30. The van der Waals surface area contributed by atoms with Gasteiger partial charge in [-0.3, -0.25) is 4.90 Å². The van der Waals surface area contributed by atoms with Gasteiger partial charge in [-0.2, -0.15) is 0 Å². The molecule has 4 nitrogen and oxygen atoms in total. The van der Waals surface area contributed by atoms with E-state index in [1.165, 1.54) is 24.8 Å². The number of rotatable bonds is 6. The second-order valence-electron chi connectivity index (χ2n) is 7.13. The number of ether oxygens (including phenoxy) is 1. The summed E-state index contributed by atoms with van der Waals surface area (Å²) in [4.78, 5) is 2.55. The van der Waals surface area contributed by atoms with E-state index in [0.717, 1.165) is 41.7 Å². The fourth-order valence-electron chi connectivity index (χ4n) is 3.61. The van der Waals surface area contributed by atoms with Crippen molar-refractivity contribution in [3.63, 3.8) is 0 Å². The fraction of sp³-hybridized carbons (Fsp3) is 0.409. The van der Waals surface area contributed by atoms with Crippen LogP contribution in [0.2, 0.25) is 5.02 Å². The van der Waals surface area contributed by atoms with Crippen LogP contribution in [-0.4, -0.2) is 36.8 Å². The molecule has 1 fully saturated rings. The Kier molecular flexibility index (Phi) is 7.54. The minimum Gasteiger partial charge on any atom is -0.497 e. The Bertz CT molecular complexity index is 791. The van der Waals surface area contributed by atoms with Crippen LogP contribution in [0.15, 0.2) is 42.5 Å². The topological polar surface area (TPSA) is 36.5 Å². The summed E-state index contributed by atoms with van der Waals surface area (Å²) in [7, 11) is 1.70. The number of methoxy groups -OCH3 is 1. The van der Waals surface area contributed by atoms with Crippen LogP contribution in [0.1, 0.15) is 36.4 Å². The lowest BCUT2D eigenvalue weighted by Crippen LogP contribution is -2.41. The molecule has 0 radical (unpaired) electrons. The third kappa shape index (κ3) is 5.37. The van der Waals surface area contributed by atoms with Gasteiger partial charge in [-0.25, -0.2) is 0 Å². The summed E-state index contributed by atoms with van der Waals surface area (Å²) in [6.07, 6.45) is 3.81. The zero-order valence-corrected chi connectivity index (χ0v) is 18.1. The van der Waals surface area contributed by atoms with Crippen LogP contribution >= 0.6 is 23.8 Å². The van der Waals surface area contributed by atoms with Crippen LogP contribution in [0.3, 0.4) is 0 Å². The maximum atomic E-state index is 6.21. The van der Waals surface area contributed by atoms with Crippen LogP contribution in [0.4, 0.5) is 5.69 Å². The molecule has 1 aliphatic rings. The Hall–Kier alpha value is -1.82. The molecule has 0 bridgehead atoms. The Balaban J connectivity index is 1.68. The number of hydrogen-bond donors (Lipinski definition) is 2. The quantitative estimate of drug-likeness (QED) is 0.634. The van der Waals surface area contributed by atoms with Gasteiger partial charge in [-0.15, -0.1) is 0 Å². The number of thiocarbonyl (C=S) groups is 1. The highest BCUT2D eigenvalue weighted by molar-refractivity contribution is 7.80. The monoisotopic (exact) mass is 417 g/mol. The highest BCUT2D eigenvalue weighted by Gasteiger charge is 2.22. The van der Waals surface area contributed by atoms with Crippen LogP contribution in [0.25, 0.3) is 0 Å². The smallest absolute Gasteiger partial charge is 0.170 e. The first-order chi connectivity index (χ1) is 13.6. The molecule has 150 valence electrons. The standard InChI is InChI=1S/C22H28ClN3OS/c1-16-19(23)7-6-8-20(16)25-22(28)24-15-21(26-13-4-3-5-14-26)17-9-11-18(27-2)12-10-17/h6-12,21H,3-5,13-15H2,1-2H3,(H2,24,25,28)/t21-/m1/s1. The molecule has 6 heteroatoms. The highest BCUT2D eigenvalue weighted by Crippen LogP contribution is 2.26. The summed E-state index contributed by atoms with van der Waals surface area (Å²) in [6.45, 7) is 4.97. The van der Waals surface area contributed by atoms with E-state index in [-0.39, 0.29) is 6.04 Å². The molecule has 3 rings (SSSR count). The highest BCUT2D eigenvalue weighted by atomic mass is 35.5. The fourth-order valence-corrected chi connectivity index (χ4v) is 3.98. The SMILES string of the molecule is COc1ccc([C@@H](CNC(=S)Nc2cccc(Cl)c2C)N2CCCCC2)cc1. The van der Waals surface area contributed by atoms with Crippen LogP contribution < -0.4 is 15.4 Å². The van der Waals surface area contributed by atoms with Gasteiger partial charge < -0.3 is 15.4 Å². The minimum atomic E-state index is 0.270. The molecular formula is C22H28ClN3OS. The summed E-state index contributed by atoms with van der Waals surface area (Å²) in [5.41, 5.74) is 3.21. The average Bonchev–Trinajstić information content (AvgIpc) is 2.73. The van der Waals surface area contributed by atoms with Gasteiger partial charge in [0.2, 0.25) is 0 Å². The maximum Gasteiger partial charge on any atom is 0.170 e. The molecule has 2 aromatic rings. The second-order valence-corrected chi connectivity index (χ2v) is 7.95. The lowest BCUT2D eigenvalue weighted by Gasteiger charge is -2.35. The van der Waals surface area contributed by atoms with Gasteiger partial charge in [0.15, 0.2) is 5.11 Å². The molecule has 1 atom stereocenters. The van der Waals surface area contributed by atoms with Gasteiger partial charge in [-0.1, -0.05) is 36.2 Å². The number of nitrogens with one attached hydrogen (secondary N) is 2. The first-order valence-corrected chi connectivity index (χ1v) is 10.5. The molecule has 2 aromatic carbocycles. The molecule has 1 saturated heterocycles. The van der Waals surface area contributed by atoms with Crippen molar-refractivity contribution in [2.45, 2.75) is 32.2 Å². The van der Waals surface area contributed by atoms with Crippen molar-refractivity contribution in [3.8, 4) is 5.75 Å². The van der Waals surface area contributed by atoms with Crippen molar-refractivity contribution < 1.29 is 4.74 Å². The number of piperidine rings is 1. The zero-order chi connectivity index (χ0) is 19.9. The van der Waals surface area contributed by atoms with Crippen molar-refractivity contribution in [3.05, 3.63) is 58.6 Å². The number of likely N-dealkylation sites (tertiary alicyclic amines) is 1. The Morgan fingerprint density at radius 3 is 2.54 bits per heavy atom.